The van der Waals surface area contributed by atoms with Gasteiger partial charge in [-0.15, -0.1) is 0 Å². The number of carbonyl (C=O) groups is 1. The number of nitrogens with one attached hydrogen (secondary N) is 1. The molecule has 20 heavy (non-hydrogen) atoms. The average molecular weight is 280 g/mol. The Labute approximate surface area is 120 Å². The van der Waals surface area contributed by atoms with Crippen LogP contribution in [-0.2, 0) is 6.42 Å². The van der Waals surface area contributed by atoms with Crippen LogP contribution in [0.1, 0.15) is 49.7 Å². The van der Waals surface area contributed by atoms with Gasteiger partial charge in [-0.3, -0.25) is 0 Å². The fourth-order valence-electron chi connectivity index (χ4n) is 2.04. The van der Waals surface area contributed by atoms with Gasteiger partial charge in [0.1, 0.15) is 5.82 Å². The van der Waals surface area contributed by atoms with Gasteiger partial charge in [0.25, 0.3) is 0 Å². The molecular weight excluding hydrogens is 256 g/mol. The smallest absolute Gasteiger partial charge is 0.335 e. The van der Waals surface area contributed by atoms with E-state index in [-0.39, 0.29) is 5.56 Å². The number of rotatable bonds is 8. The molecule has 0 bridgehead atoms. The fraction of sp³-hybridized carbons (Fsp3) is 0.600. The number of hydrogen-bond acceptors (Lipinski definition) is 4. The van der Waals surface area contributed by atoms with E-state index in [0.29, 0.717) is 24.7 Å². The van der Waals surface area contributed by atoms with E-state index < -0.39 is 12.1 Å². The molecule has 1 aromatic rings. The number of anilines is 1. The zero-order valence-electron chi connectivity index (χ0n) is 12.4. The SMILES string of the molecule is CCCc1cc(C(=O)O)cc(NCC(O)CC(C)C)n1. The summed E-state index contributed by atoms with van der Waals surface area (Å²) >= 11 is 0. The van der Waals surface area contributed by atoms with Crippen molar-refractivity contribution >= 4 is 11.8 Å². The van der Waals surface area contributed by atoms with Crippen molar-refractivity contribution in [1.82, 2.24) is 4.98 Å². The van der Waals surface area contributed by atoms with E-state index in [1.165, 1.54) is 6.07 Å². The maximum absolute atomic E-state index is 11.1. The quantitative estimate of drug-likeness (QED) is 0.681. The second-order valence-electron chi connectivity index (χ2n) is 5.45. The number of aromatic carboxylic acids is 1. The van der Waals surface area contributed by atoms with E-state index in [1.807, 2.05) is 20.8 Å². The van der Waals surface area contributed by atoms with Crippen LogP contribution in [0.2, 0.25) is 0 Å². The van der Waals surface area contributed by atoms with Crippen LogP contribution in [0.4, 0.5) is 5.82 Å². The molecule has 0 radical (unpaired) electrons. The summed E-state index contributed by atoms with van der Waals surface area (Å²) in [6.07, 6.45) is 1.89. The molecule has 112 valence electrons. The predicted molar refractivity (Wildman–Crippen MR) is 79.1 cm³/mol. The van der Waals surface area contributed by atoms with Crippen molar-refractivity contribution in [3.63, 3.8) is 0 Å². The number of nitrogens with zero attached hydrogens (tertiary/aromatic N) is 1. The highest BCUT2D eigenvalue weighted by molar-refractivity contribution is 5.88. The van der Waals surface area contributed by atoms with Crippen LogP contribution in [0.3, 0.4) is 0 Å². The number of aryl methyl sites for hydroxylation is 1. The van der Waals surface area contributed by atoms with Crippen LogP contribution in [0, 0.1) is 5.92 Å². The van der Waals surface area contributed by atoms with Gasteiger partial charge in [0.2, 0.25) is 0 Å². The number of aliphatic hydroxyl groups is 1. The molecule has 1 unspecified atom stereocenters. The fourth-order valence-corrected chi connectivity index (χ4v) is 2.04. The van der Waals surface area contributed by atoms with E-state index in [9.17, 15) is 9.90 Å². The molecular formula is C15H24N2O3. The van der Waals surface area contributed by atoms with Crippen molar-refractivity contribution in [2.45, 2.75) is 46.1 Å². The number of aromatic nitrogens is 1. The number of pyridine rings is 1. The first-order valence-electron chi connectivity index (χ1n) is 7.08. The Hall–Kier alpha value is -1.62. The Balaban J connectivity index is 2.75. The van der Waals surface area contributed by atoms with E-state index in [2.05, 4.69) is 10.3 Å². The van der Waals surface area contributed by atoms with Crippen molar-refractivity contribution in [3.05, 3.63) is 23.4 Å². The first-order valence-corrected chi connectivity index (χ1v) is 7.08. The Morgan fingerprint density at radius 1 is 1.40 bits per heavy atom. The third kappa shape index (κ3) is 5.57. The van der Waals surface area contributed by atoms with Crippen LogP contribution in [0.15, 0.2) is 12.1 Å². The normalized spacial score (nSPS) is 12.4. The van der Waals surface area contributed by atoms with Gasteiger partial charge in [-0.25, -0.2) is 9.78 Å². The second kappa shape index (κ2) is 7.85. The zero-order valence-corrected chi connectivity index (χ0v) is 12.4. The molecule has 0 aliphatic heterocycles. The highest BCUT2D eigenvalue weighted by atomic mass is 16.4. The third-order valence-corrected chi connectivity index (χ3v) is 2.89. The molecule has 1 aromatic heterocycles. The van der Waals surface area contributed by atoms with E-state index >= 15 is 0 Å². The van der Waals surface area contributed by atoms with Crippen LogP contribution in [0.5, 0.6) is 0 Å². The summed E-state index contributed by atoms with van der Waals surface area (Å²) in [5, 5.41) is 21.9. The van der Waals surface area contributed by atoms with Crippen molar-refractivity contribution in [3.8, 4) is 0 Å². The second-order valence-corrected chi connectivity index (χ2v) is 5.45. The summed E-state index contributed by atoms with van der Waals surface area (Å²) in [5.74, 6) is -0.0348. The van der Waals surface area contributed by atoms with Crippen molar-refractivity contribution in [2.75, 3.05) is 11.9 Å². The summed E-state index contributed by atoms with van der Waals surface area (Å²) < 4.78 is 0. The Bertz CT molecular complexity index is 447. The lowest BCUT2D eigenvalue weighted by Gasteiger charge is -2.15. The van der Waals surface area contributed by atoms with Crippen molar-refractivity contribution in [2.24, 2.45) is 5.92 Å². The van der Waals surface area contributed by atoms with Gasteiger partial charge in [0, 0.05) is 12.2 Å². The third-order valence-electron chi connectivity index (χ3n) is 2.89. The van der Waals surface area contributed by atoms with Gasteiger partial charge in [-0.05, 0) is 30.9 Å². The first kappa shape index (κ1) is 16.4. The monoisotopic (exact) mass is 280 g/mol. The average Bonchev–Trinajstić information content (AvgIpc) is 2.35. The lowest BCUT2D eigenvalue weighted by molar-refractivity contribution is 0.0696. The molecule has 1 atom stereocenters. The van der Waals surface area contributed by atoms with Gasteiger partial charge < -0.3 is 15.5 Å². The zero-order chi connectivity index (χ0) is 15.1. The molecule has 5 nitrogen and oxygen atoms in total. The Kier molecular flexibility index (Phi) is 6.45. The standard InChI is InChI=1S/C15H24N2O3/c1-4-5-12-7-11(15(19)20)8-14(17-12)16-9-13(18)6-10(2)3/h7-8,10,13,18H,4-6,9H2,1-3H3,(H,16,17)(H,19,20). The lowest BCUT2D eigenvalue weighted by Crippen LogP contribution is -2.22. The summed E-state index contributed by atoms with van der Waals surface area (Å²) in [6, 6.07) is 3.10. The van der Waals surface area contributed by atoms with Gasteiger partial charge in [0.05, 0.1) is 11.7 Å². The summed E-state index contributed by atoms with van der Waals surface area (Å²) in [4.78, 5) is 15.5. The molecule has 1 heterocycles. The minimum Gasteiger partial charge on any atom is -0.478 e. The van der Waals surface area contributed by atoms with Crippen molar-refractivity contribution in [1.29, 1.82) is 0 Å². The highest BCUT2D eigenvalue weighted by Gasteiger charge is 2.10. The molecule has 3 N–H and O–H groups in total. The molecule has 1 rings (SSSR count). The van der Waals surface area contributed by atoms with E-state index in [4.69, 9.17) is 5.11 Å². The minimum absolute atomic E-state index is 0.226. The number of hydrogen-bond donors (Lipinski definition) is 3. The Morgan fingerprint density at radius 2 is 2.10 bits per heavy atom. The molecule has 0 spiro atoms. The molecule has 0 aliphatic rings. The number of aliphatic hydroxyl groups excluding tert-OH is 1. The topological polar surface area (TPSA) is 82.5 Å². The predicted octanol–water partition coefficient (Wildman–Crippen LogP) is 2.55. The maximum atomic E-state index is 11.1. The molecule has 0 fully saturated rings. The van der Waals surface area contributed by atoms with Gasteiger partial charge in [0.15, 0.2) is 0 Å². The number of carboxylic acid groups (broad SMARTS) is 1. The molecule has 5 heteroatoms. The first-order chi connectivity index (χ1) is 9.42. The highest BCUT2D eigenvalue weighted by Crippen LogP contribution is 2.13. The minimum atomic E-state index is -0.962. The van der Waals surface area contributed by atoms with Crippen molar-refractivity contribution < 1.29 is 15.0 Å². The maximum Gasteiger partial charge on any atom is 0.335 e. The summed E-state index contributed by atoms with van der Waals surface area (Å²) in [6.45, 7) is 6.49. The van der Waals surface area contributed by atoms with Gasteiger partial charge in [-0.1, -0.05) is 27.2 Å². The molecule has 0 aliphatic carbocycles. The lowest BCUT2D eigenvalue weighted by atomic mass is 10.1. The molecule has 0 aromatic carbocycles. The van der Waals surface area contributed by atoms with Crippen LogP contribution in [0.25, 0.3) is 0 Å². The molecule has 0 saturated heterocycles. The summed E-state index contributed by atoms with van der Waals surface area (Å²) in [7, 11) is 0. The molecule has 0 amide bonds. The Morgan fingerprint density at radius 3 is 2.65 bits per heavy atom. The van der Waals surface area contributed by atoms with E-state index in [0.717, 1.165) is 18.5 Å². The number of carboxylic acids is 1. The van der Waals surface area contributed by atoms with Crippen LogP contribution in [-0.4, -0.2) is 33.8 Å². The van der Waals surface area contributed by atoms with E-state index in [1.54, 1.807) is 6.07 Å². The largest absolute Gasteiger partial charge is 0.478 e. The van der Waals surface area contributed by atoms with Crippen LogP contribution < -0.4 is 5.32 Å². The van der Waals surface area contributed by atoms with Gasteiger partial charge in [-0.2, -0.15) is 0 Å². The molecule has 0 saturated carbocycles. The summed E-state index contributed by atoms with van der Waals surface area (Å²) in [5.41, 5.74) is 0.984. The van der Waals surface area contributed by atoms with Crippen LogP contribution >= 0.6 is 0 Å². The van der Waals surface area contributed by atoms with Gasteiger partial charge >= 0.3 is 5.97 Å².